The van der Waals surface area contributed by atoms with E-state index in [1.54, 1.807) is 12.1 Å². The van der Waals surface area contributed by atoms with Gasteiger partial charge >= 0.3 is 6.18 Å². The van der Waals surface area contributed by atoms with Gasteiger partial charge in [-0.3, -0.25) is 4.90 Å². The van der Waals surface area contributed by atoms with Crippen molar-refractivity contribution < 1.29 is 18.3 Å². The van der Waals surface area contributed by atoms with Crippen LogP contribution in [0.3, 0.4) is 0 Å². The lowest BCUT2D eigenvalue weighted by atomic mass is 10.0. The molecule has 0 bridgehead atoms. The molecule has 2 unspecified atom stereocenters. The van der Waals surface area contributed by atoms with Crippen LogP contribution in [0.2, 0.25) is 0 Å². The van der Waals surface area contributed by atoms with E-state index >= 15 is 0 Å². The molecule has 1 fully saturated rings. The van der Waals surface area contributed by atoms with Gasteiger partial charge in [0.15, 0.2) is 0 Å². The molecule has 0 saturated carbocycles. The number of aromatic hydroxyl groups is 1. The molecular formula is C17H25F3N2O. The van der Waals surface area contributed by atoms with Gasteiger partial charge in [-0.2, -0.15) is 13.2 Å². The van der Waals surface area contributed by atoms with Crippen LogP contribution in [0, 0.1) is 5.92 Å². The van der Waals surface area contributed by atoms with E-state index in [1.165, 1.54) is 10.5 Å². The van der Waals surface area contributed by atoms with Gasteiger partial charge in [-0.15, -0.1) is 0 Å². The predicted octanol–water partition coefficient (Wildman–Crippen LogP) is 3.19. The summed E-state index contributed by atoms with van der Waals surface area (Å²) in [5.74, 6) is 0.568. The number of alkyl halides is 3. The zero-order chi connectivity index (χ0) is 16.9. The summed E-state index contributed by atoms with van der Waals surface area (Å²) in [5, 5.41) is 12.7. The monoisotopic (exact) mass is 330 g/mol. The van der Waals surface area contributed by atoms with E-state index in [9.17, 15) is 18.3 Å². The molecule has 2 N–H and O–H groups in total. The van der Waals surface area contributed by atoms with Gasteiger partial charge in [0.1, 0.15) is 5.75 Å². The standard InChI is InChI=1S/C17H25F3N2O/c1-13(2-3-14-4-6-16(23)7-5-14)21-10-15-8-9-22(11-15)12-17(18,19)20/h4-7,13,15,21,23H,2-3,8-12H2,1H3. The Hall–Kier alpha value is -1.27. The lowest BCUT2D eigenvalue weighted by Crippen LogP contribution is -2.35. The topological polar surface area (TPSA) is 35.5 Å². The molecule has 1 aromatic rings. The largest absolute Gasteiger partial charge is 0.508 e. The van der Waals surface area contributed by atoms with Crippen LogP contribution in [0.4, 0.5) is 13.2 Å². The lowest BCUT2D eigenvalue weighted by molar-refractivity contribution is -0.143. The minimum atomic E-state index is -4.10. The molecule has 6 heteroatoms. The molecule has 1 aliphatic heterocycles. The van der Waals surface area contributed by atoms with Crippen molar-refractivity contribution in [3.05, 3.63) is 29.8 Å². The molecule has 0 spiro atoms. The van der Waals surface area contributed by atoms with E-state index in [-0.39, 0.29) is 5.75 Å². The number of hydrogen-bond acceptors (Lipinski definition) is 3. The van der Waals surface area contributed by atoms with Gasteiger partial charge in [0.2, 0.25) is 0 Å². The summed E-state index contributed by atoms with van der Waals surface area (Å²) in [6, 6.07) is 7.50. The van der Waals surface area contributed by atoms with Crippen molar-refractivity contribution in [2.75, 3.05) is 26.2 Å². The number of nitrogens with one attached hydrogen (secondary N) is 1. The van der Waals surface area contributed by atoms with Gasteiger partial charge in [-0.05, 0) is 62.9 Å². The van der Waals surface area contributed by atoms with E-state index in [0.717, 1.165) is 25.8 Å². The molecule has 2 rings (SSSR count). The van der Waals surface area contributed by atoms with E-state index in [2.05, 4.69) is 12.2 Å². The predicted molar refractivity (Wildman–Crippen MR) is 84.5 cm³/mol. The molecule has 1 aromatic carbocycles. The summed E-state index contributed by atoms with van der Waals surface area (Å²) < 4.78 is 37.1. The van der Waals surface area contributed by atoms with Crippen LogP contribution >= 0.6 is 0 Å². The first kappa shape index (κ1) is 18.1. The highest BCUT2D eigenvalue weighted by Gasteiger charge is 2.34. The molecule has 23 heavy (non-hydrogen) atoms. The SMILES string of the molecule is CC(CCc1ccc(O)cc1)NCC1CCN(CC(F)(F)F)C1. The number of nitrogens with zero attached hydrogens (tertiary/aromatic N) is 1. The Kier molecular flexibility index (Phi) is 6.30. The third-order valence-corrected chi connectivity index (χ3v) is 4.33. The van der Waals surface area contributed by atoms with Gasteiger partial charge in [0, 0.05) is 12.6 Å². The summed E-state index contributed by atoms with van der Waals surface area (Å²) in [5.41, 5.74) is 1.17. The summed E-state index contributed by atoms with van der Waals surface area (Å²) in [6.07, 6.45) is -1.39. The first-order valence-electron chi connectivity index (χ1n) is 8.12. The average molecular weight is 330 g/mol. The van der Waals surface area contributed by atoms with Crippen LogP contribution in [-0.2, 0) is 6.42 Å². The molecular weight excluding hydrogens is 305 g/mol. The van der Waals surface area contributed by atoms with Crippen molar-refractivity contribution in [1.29, 1.82) is 0 Å². The summed E-state index contributed by atoms with van der Waals surface area (Å²) >= 11 is 0. The number of phenolic OH excluding ortho intramolecular Hbond substituents is 1. The van der Waals surface area contributed by atoms with Crippen LogP contribution in [0.25, 0.3) is 0 Å². The summed E-state index contributed by atoms with van der Waals surface area (Å²) in [6.45, 7) is 3.14. The number of hydrogen-bond donors (Lipinski definition) is 2. The fourth-order valence-electron chi connectivity index (χ4n) is 2.99. The number of benzene rings is 1. The third kappa shape index (κ3) is 6.79. The van der Waals surface area contributed by atoms with E-state index in [1.807, 2.05) is 12.1 Å². The quantitative estimate of drug-likeness (QED) is 0.806. The van der Waals surface area contributed by atoms with Crippen molar-refractivity contribution in [3.8, 4) is 5.75 Å². The number of likely N-dealkylation sites (tertiary alicyclic amines) is 1. The highest BCUT2D eigenvalue weighted by molar-refractivity contribution is 5.25. The number of halogens is 3. The number of rotatable bonds is 7. The maximum atomic E-state index is 12.4. The van der Waals surface area contributed by atoms with Crippen LogP contribution in [-0.4, -0.2) is 48.4 Å². The van der Waals surface area contributed by atoms with Gasteiger partial charge in [0.05, 0.1) is 6.54 Å². The molecule has 0 radical (unpaired) electrons. The Balaban J connectivity index is 1.63. The van der Waals surface area contributed by atoms with Crippen molar-refractivity contribution >= 4 is 0 Å². The molecule has 1 aliphatic rings. The molecule has 1 heterocycles. The van der Waals surface area contributed by atoms with Crippen LogP contribution in [0.1, 0.15) is 25.3 Å². The van der Waals surface area contributed by atoms with Gasteiger partial charge in [-0.1, -0.05) is 12.1 Å². The van der Waals surface area contributed by atoms with E-state index in [0.29, 0.717) is 25.0 Å². The second-order valence-electron chi connectivity index (χ2n) is 6.52. The normalized spacial score (nSPS) is 20.8. The summed E-state index contributed by atoms with van der Waals surface area (Å²) in [4.78, 5) is 1.49. The smallest absolute Gasteiger partial charge is 0.401 e. The summed E-state index contributed by atoms with van der Waals surface area (Å²) in [7, 11) is 0. The van der Waals surface area contributed by atoms with Gasteiger partial charge in [0.25, 0.3) is 0 Å². The Morgan fingerprint density at radius 1 is 1.30 bits per heavy atom. The van der Waals surface area contributed by atoms with Gasteiger partial charge < -0.3 is 10.4 Å². The van der Waals surface area contributed by atoms with Gasteiger partial charge in [-0.25, -0.2) is 0 Å². The van der Waals surface area contributed by atoms with Crippen molar-refractivity contribution in [1.82, 2.24) is 10.2 Å². The third-order valence-electron chi connectivity index (χ3n) is 4.33. The van der Waals surface area contributed by atoms with Crippen molar-refractivity contribution in [3.63, 3.8) is 0 Å². The van der Waals surface area contributed by atoms with Crippen LogP contribution in [0.5, 0.6) is 5.75 Å². The van der Waals surface area contributed by atoms with E-state index in [4.69, 9.17) is 0 Å². The molecule has 3 nitrogen and oxygen atoms in total. The minimum Gasteiger partial charge on any atom is -0.508 e. The zero-order valence-corrected chi connectivity index (χ0v) is 13.4. The Morgan fingerprint density at radius 3 is 2.65 bits per heavy atom. The highest BCUT2D eigenvalue weighted by atomic mass is 19.4. The first-order chi connectivity index (χ1) is 10.8. The fourth-order valence-corrected chi connectivity index (χ4v) is 2.99. The average Bonchev–Trinajstić information content (AvgIpc) is 2.90. The zero-order valence-electron chi connectivity index (χ0n) is 13.4. The Labute approximate surface area is 135 Å². The number of phenols is 1. The molecule has 130 valence electrons. The molecule has 1 saturated heterocycles. The first-order valence-corrected chi connectivity index (χ1v) is 8.12. The lowest BCUT2D eigenvalue weighted by Gasteiger charge is -2.19. The second-order valence-corrected chi connectivity index (χ2v) is 6.52. The van der Waals surface area contributed by atoms with Crippen molar-refractivity contribution in [2.45, 2.75) is 38.4 Å². The second kappa shape index (κ2) is 8.02. The maximum Gasteiger partial charge on any atom is 0.401 e. The maximum absolute atomic E-state index is 12.4. The molecule has 0 aliphatic carbocycles. The minimum absolute atomic E-state index is 0.268. The molecule has 0 amide bonds. The highest BCUT2D eigenvalue weighted by Crippen LogP contribution is 2.22. The molecule has 2 atom stereocenters. The van der Waals surface area contributed by atoms with E-state index < -0.39 is 12.7 Å². The fraction of sp³-hybridized carbons (Fsp3) is 0.647. The molecule has 0 aromatic heterocycles. The Bertz CT molecular complexity index is 476. The number of aryl methyl sites for hydroxylation is 1. The van der Waals surface area contributed by atoms with Crippen LogP contribution < -0.4 is 5.32 Å². The Morgan fingerprint density at radius 2 is 2.00 bits per heavy atom. The van der Waals surface area contributed by atoms with Crippen molar-refractivity contribution in [2.24, 2.45) is 5.92 Å². The van der Waals surface area contributed by atoms with Crippen LogP contribution in [0.15, 0.2) is 24.3 Å².